The van der Waals surface area contributed by atoms with Gasteiger partial charge in [0.25, 0.3) is 0 Å². The number of hydrogen-bond acceptors (Lipinski definition) is 5. The van der Waals surface area contributed by atoms with E-state index in [4.69, 9.17) is 4.99 Å². The first-order chi connectivity index (χ1) is 13.7. The molecule has 28 heavy (non-hydrogen) atoms. The van der Waals surface area contributed by atoms with Crippen LogP contribution in [0.1, 0.15) is 12.0 Å². The van der Waals surface area contributed by atoms with Crippen LogP contribution in [0.15, 0.2) is 59.5 Å². The molecule has 0 saturated carbocycles. The van der Waals surface area contributed by atoms with E-state index in [-0.39, 0.29) is 0 Å². The molecule has 1 saturated heterocycles. The third-order valence-electron chi connectivity index (χ3n) is 5.83. The fourth-order valence-electron chi connectivity index (χ4n) is 4.12. The molecule has 1 aromatic carbocycles. The van der Waals surface area contributed by atoms with Crippen molar-refractivity contribution in [3.8, 4) is 0 Å². The van der Waals surface area contributed by atoms with Crippen molar-refractivity contribution in [3.63, 3.8) is 0 Å². The monoisotopic (exact) mass is 374 g/mol. The van der Waals surface area contributed by atoms with Crippen LogP contribution in [0.25, 0.3) is 16.6 Å². The van der Waals surface area contributed by atoms with Gasteiger partial charge in [-0.25, -0.2) is 4.99 Å². The van der Waals surface area contributed by atoms with E-state index in [9.17, 15) is 0 Å². The SMILES string of the molecule is CN1CCCN(C2=CN3CC=C(c4ccc5c(cnn5C)c4)N=C3C=C2)CC1. The molecule has 3 aliphatic heterocycles. The highest BCUT2D eigenvalue weighted by atomic mass is 15.3. The van der Waals surface area contributed by atoms with Crippen molar-refractivity contribution in [1.82, 2.24) is 24.5 Å². The maximum atomic E-state index is 4.92. The van der Waals surface area contributed by atoms with Crippen LogP contribution in [0.3, 0.4) is 0 Å². The molecule has 144 valence electrons. The minimum absolute atomic E-state index is 0.848. The number of allylic oxidation sites excluding steroid dienone is 1. The van der Waals surface area contributed by atoms with Crippen LogP contribution in [0.4, 0.5) is 0 Å². The maximum absolute atomic E-state index is 4.92. The summed E-state index contributed by atoms with van der Waals surface area (Å²) in [6, 6.07) is 6.43. The summed E-state index contributed by atoms with van der Waals surface area (Å²) in [6.45, 7) is 5.34. The normalized spacial score (nSPS) is 20.6. The molecule has 1 aromatic heterocycles. The van der Waals surface area contributed by atoms with Gasteiger partial charge in [-0.1, -0.05) is 6.07 Å². The lowest BCUT2D eigenvalue weighted by atomic mass is 10.1. The summed E-state index contributed by atoms with van der Waals surface area (Å²) in [7, 11) is 4.18. The summed E-state index contributed by atoms with van der Waals surface area (Å²) >= 11 is 0. The molecule has 6 nitrogen and oxygen atoms in total. The van der Waals surface area contributed by atoms with Crippen LogP contribution < -0.4 is 0 Å². The Bertz CT molecular complexity index is 1020. The largest absolute Gasteiger partial charge is 0.369 e. The number of nitrogens with zero attached hydrogens (tertiary/aromatic N) is 6. The Morgan fingerprint density at radius 1 is 1.00 bits per heavy atom. The summed E-state index contributed by atoms with van der Waals surface area (Å²) in [5, 5.41) is 5.49. The first kappa shape index (κ1) is 17.3. The van der Waals surface area contributed by atoms with Crippen LogP contribution in [0.2, 0.25) is 0 Å². The molecule has 0 radical (unpaired) electrons. The lowest BCUT2D eigenvalue weighted by Crippen LogP contribution is -2.34. The fourth-order valence-corrected chi connectivity index (χ4v) is 4.12. The average molecular weight is 374 g/mol. The molecule has 2 aromatic rings. The first-order valence-electron chi connectivity index (χ1n) is 9.98. The van der Waals surface area contributed by atoms with Gasteiger partial charge >= 0.3 is 0 Å². The standard InChI is InChI=1S/C22H26N6/c1-25-9-3-10-27(13-12-25)19-5-7-22-24-20(8-11-28(22)16-19)17-4-6-21-18(14-17)15-23-26(21)2/h4-8,14-16H,3,9-13H2,1-2H3. The minimum atomic E-state index is 0.848. The number of aliphatic imine (C=N–C) groups is 1. The van der Waals surface area contributed by atoms with Gasteiger partial charge in [-0.15, -0.1) is 0 Å². The predicted octanol–water partition coefficient (Wildman–Crippen LogP) is 2.68. The number of amidine groups is 1. The van der Waals surface area contributed by atoms with Gasteiger partial charge in [-0.2, -0.15) is 5.10 Å². The predicted molar refractivity (Wildman–Crippen MR) is 114 cm³/mol. The Morgan fingerprint density at radius 3 is 2.86 bits per heavy atom. The second kappa shape index (κ2) is 6.95. The highest BCUT2D eigenvalue weighted by Gasteiger charge is 2.21. The Morgan fingerprint density at radius 2 is 1.93 bits per heavy atom. The summed E-state index contributed by atoms with van der Waals surface area (Å²) in [5.41, 5.74) is 4.62. The zero-order chi connectivity index (χ0) is 19.1. The Hall–Kier alpha value is -2.86. The van der Waals surface area contributed by atoms with Gasteiger partial charge in [-0.05, 0) is 50.4 Å². The first-order valence-corrected chi connectivity index (χ1v) is 9.98. The molecule has 4 heterocycles. The molecule has 3 aliphatic rings. The van der Waals surface area contributed by atoms with Crippen LogP contribution in [-0.4, -0.2) is 70.1 Å². The van der Waals surface area contributed by atoms with Crippen molar-refractivity contribution >= 4 is 22.4 Å². The number of hydrogen-bond donors (Lipinski definition) is 0. The van der Waals surface area contributed by atoms with Crippen LogP contribution in [0, 0.1) is 0 Å². The second-order valence-corrected chi connectivity index (χ2v) is 7.78. The topological polar surface area (TPSA) is 39.9 Å². The Kier molecular flexibility index (Phi) is 4.28. The summed E-state index contributed by atoms with van der Waals surface area (Å²) in [4.78, 5) is 12.1. The van der Waals surface area contributed by atoms with Crippen LogP contribution in [0.5, 0.6) is 0 Å². The van der Waals surface area contributed by atoms with Crippen molar-refractivity contribution < 1.29 is 0 Å². The fraction of sp³-hybridized carbons (Fsp3) is 0.364. The maximum Gasteiger partial charge on any atom is 0.133 e. The van der Waals surface area contributed by atoms with Crippen molar-refractivity contribution in [2.24, 2.45) is 12.0 Å². The van der Waals surface area contributed by atoms with Gasteiger partial charge in [-0.3, -0.25) is 4.68 Å². The molecule has 0 unspecified atom stereocenters. The number of aromatic nitrogens is 2. The molecular formula is C22H26N6. The van der Waals surface area contributed by atoms with E-state index in [1.807, 2.05) is 17.9 Å². The second-order valence-electron chi connectivity index (χ2n) is 7.78. The molecule has 6 heteroatoms. The molecule has 0 aliphatic carbocycles. The van der Waals surface area contributed by atoms with E-state index in [0.717, 1.165) is 54.2 Å². The van der Waals surface area contributed by atoms with Gasteiger partial charge in [0.05, 0.1) is 23.1 Å². The zero-order valence-corrected chi connectivity index (χ0v) is 16.5. The third-order valence-corrected chi connectivity index (χ3v) is 5.83. The number of benzene rings is 1. The number of rotatable bonds is 2. The average Bonchev–Trinajstić information content (AvgIpc) is 2.95. The number of likely N-dealkylation sites (N-methyl/N-ethyl adjacent to an activating group) is 1. The number of aryl methyl sites for hydroxylation is 1. The molecule has 0 spiro atoms. The third kappa shape index (κ3) is 3.14. The minimum Gasteiger partial charge on any atom is -0.369 e. The van der Waals surface area contributed by atoms with Crippen LogP contribution >= 0.6 is 0 Å². The van der Waals surface area contributed by atoms with Crippen molar-refractivity contribution in [1.29, 1.82) is 0 Å². The Labute approximate surface area is 165 Å². The smallest absolute Gasteiger partial charge is 0.133 e. The molecule has 5 rings (SSSR count). The molecule has 0 bridgehead atoms. The van der Waals surface area contributed by atoms with Gasteiger partial charge in [0.15, 0.2) is 0 Å². The van der Waals surface area contributed by atoms with Crippen molar-refractivity contribution in [2.45, 2.75) is 6.42 Å². The lowest BCUT2D eigenvalue weighted by molar-refractivity contribution is 0.327. The highest BCUT2D eigenvalue weighted by molar-refractivity contribution is 6.00. The van der Waals surface area contributed by atoms with Gasteiger partial charge < -0.3 is 14.7 Å². The highest BCUT2D eigenvalue weighted by Crippen LogP contribution is 2.26. The van der Waals surface area contributed by atoms with E-state index in [2.05, 4.69) is 69.5 Å². The van der Waals surface area contributed by atoms with Crippen molar-refractivity contribution in [2.75, 3.05) is 39.8 Å². The van der Waals surface area contributed by atoms with Crippen molar-refractivity contribution in [3.05, 3.63) is 60.1 Å². The molecule has 0 atom stereocenters. The molecule has 0 amide bonds. The summed E-state index contributed by atoms with van der Waals surface area (Å²) in [6.07, 6.45) is 12.0. The summed E-state index contributed by atoms with van der Waals surface area (Å²) in [5.74, 6) is 1.01. The van der Waals surface area contributed by atoms with E-state index < -0.39 is 0 Å². The Balaban J connectivity index is 1.36. The number of fused-ring (bicyclic) bond motifs is 2. The zero-order valence-electron chi connectivity index (χ0n) is 16.5. The molecule has 0 N–H and O–H groups in total. The van der Waals surface area contributed by atoms with E-state index in [1.54, 1.807) is 0 Å². The van der Waals surface area contributed by atoms with E-state index in [1.165, 1.54) is 18.7 Å². The lowest BCUT2D eigenvalue weighted by Gasteiger charge is -2.31. The van der Waals surface area contributed by atoms with Gasteiger partial charge in [0.2, 0.25) is 0 Å². The van der Waals surface area contributed by atoms with Gasteiger partial charge in [0, 0.05) is 50.4 Å². The summed E-state index contributed by atoms with van der Waals surface area (Å²) < 4.78 is 1.90. The quantitative estimate of drug-likeness (QED) is 0.810. The molecule has 1 fully saturated rings. The van der Waals surface area contributed by atoms with E-state index >= 15 is 0 Å². The van der Waals surface area contributed by atoms with E-state index in [0.29, 0.717) is 0 Å². The van der Waals surface area contributed by atoms with Crippen LogP contribution in [-0.2, 0) is 7.05 Å². The molecular weight excluding hydrogens is 348 g/mol. The van der Waals surface area contributed by atoms with Gasteiger partial charge in [0.1, 0.15) is 5.84 Å².